The van der Waals surface area contributed by atoms with E-state index < -0.39 is 17.7 Å². The number of aromatic carboxylic acids is 1. The highest BCUT2D eigenvalue weighted by Gasteiger charge is 2.31. The van der Waals surface area contributed by atoms with Crippen LogP contribution < -0.4 is 5.32 Å². The van der Waals surface area contributed by atoms with E-state index in [4.69, 9.17) is 5.11 Å². The lowest BCUT2D eigenvalue weighted by atomic mass is 10.1. The van der Waals surface area contributed by atoms with Crippen LogP contribution in [0.5, 0.6) is 0 Å². The number of alkyl halides is 3. The van der Waals surface area contributed by atoms with Crippen molar-refractivity contribution in [3.05, 3.63) is 29.3 Å². The SMILES string of the molecule is CCC(CC)Nc1ccc(C(F)(F)F)cc1C(=O)O. The fourth-order valence-electron chi connectivity index (χ4n) is 1.74. The molecule has 0 aliphatic heterocycles. The molecule has 0 heterocycles. The number of rotatable bonds is 5. The summed E-state index contributed by atoms with van der Waals surface area (Å²) in [7, 11) is 0. The average molecular weight is 275 g/mol. The van der Waals surface area contributed by atoms with Crippen LogP contribution in [0.4, 0.5) is 18.9 Å². The zero-order chi connectivity index (χ0) is 14.6. The van der Waals surface area contributed by atoms with E-state index >= 15 is 0 Å². The molecule has 0 amide bonds. The van der Waals surface area contributed by atoms with Gasteiger partial charge in [0.1, 0.15) is 0 Å². The molecule has 1 aromatic carbocycles. The lowest BCUT2D eigenvalue weighted by Gasteiger charge is -2.19. The molecular weight excluding hydrogens is 259 g/mol. The minimum atomic E-state index is -4.54. The summed E-state index contributed by atoms with van der Waals surface area (Å²) in [6.07, 6.45) is -3.02. The Labute approximate surface area is 109 Å². The first-order valence-corrected chi connectivity index (χ1v) is 6.00. The summed E-state index contributed by atoms with van der Waals surface area (Å²) in [5, 5.41) is 12.0. The average Bonchev–Trinajstić information content (AvgIpc) is 2.34. The van der Waals surface area contributed by atoms with E-state index in [1.165, 1.54) is 6.07 Å². The number of carboxylic acids is 1. The number of hydrogen-bond acceptors (Lipinski definition) is 2. The van der Waals surface area contributed by atoms with Gasteiger partial charge in [0.2, 0.25) is 0 Å². The molecule has 6 heteroatoms. The summed E-state index contributed by atoms with van der Waals surface area (Å²) in [4.78, 5) is 11.1. The Morgan fingerprint density at radius 3 is 2.32 bits per heavy atom. The van der Waals surface area contributed by atoms with E-state index in [0.717, 1.165) is 18.9 Å². The van der Waals surface area contributed by atoms with Crippen LogP contribution in [-0.2, 0) is 6.18 Å². The van der Waals surface area contributed by atoms with Gasteiger partial charge < -0.3 is 10.4 Å². The summed E-state index contributed by atoms with van der Waals surface area (Å²) in [6, 6.07) is 2.75. The molecule has 0 atom stereocenters. The number of anilines is 1. The van der Waals surface area contributed by atoms with Gasteiger partial charge in [-0.2, -0.15) is 13.2 Å². The van der Waals surface area contributed by atoms with Crippen LogP contribution in [0.3, 0.4) is 0 Å². The van der Waals surface area contributed by atoms with Gasteiger partial charge in [0, 0.05) is 11.7 Å². The molecule has 0 aliphatic rings. The molecular formula is C13H16F3NO2. The third-order valence-electron chi connectivity index (χ3n) is 2.92. The van der Waals surface area contributed by atoms with Crippen molar-refractivity contribution in [1.29, 1.82) is 0 Å². The van der Waals surface area contributed by atoms with Crippen LogP contribution in [0, 0.1) is 0 Å². The number of halogens is 3. The normalized spacial score (nSPS) is 11.7. The van der Waals surface area contributed by atoms with Crippen molar-refractivity contribution in [2.24, 2.45) is 0 Å². The first kappa shape index (κ1) is 15.3. The van der Waals surface area contributed by atoms with Gasteiger partial charge in [-0.15, -0.1) is 0 Å². The van der Waals surface area contributed by atoms with E-state index in [0.29, 0.717) is 6.07 Å². The Bertz CT molecular complexity index is 454. The molecule has 1 aromatic rings. The minimum Gasteiger partial charge on any atom is -0.478 e. The maximum atomic E-state index is 12.5. The van der Waals surface area contributed by atoms with Crippen molar-refractivity contribution in [2.75, 3.05) is 5.32 Å². The second kappa shape index (κ2) is 5.95. The number of nitrogens with one attached hydrogen (secondary N) is 1. The summed E-state index contributed by atoms with van der Waals surface area (Å²) in [5.41, 5.74) is -1.10. The van der Waals surface area contributed by atoms with Crippen molar-refractivity contribution in [3.8, 4) is 0 Å². The molecule has 0 unspecified atom stereocenters. The highest BCUT2D eigenvalue weighted by Crippen LogP contribution is 2.32. The van der Waals surface area contributed by atoms with Gasteiger partial charge in [0.25, 0.3) is 0 Å². The molecule has 1 rings (SSSR count). The first-order chi connectivity index (χ1) is 8.79. The molecule has 0 radical (unpaired) electrons. The van der Waals surface area contributed by atoms with Crippen LogP contribution in [0.25, 0.3) is 0 Å². The Balaban J connectivity index is 3.15. The van der Waals surface area contributed by atoms with Crippen molar-refractivity contribution < 1.29 is 23.1 Å². The van der Waals surface area contributed by atoms with E-state index in [-0.39, 0.29) is 17.3 Å². The molecule has 0 aromatic heterocycles. The number of carboxylic acid groups (broad SMARTS) is 1. The zero-order valence-corrected chi connectivity index (χ0v) is 10.7. The van der Waals surface area contributed by atoms with Crippen LogP contribution in [-0.4, -0.2) is 17.1 Å². The van der Waals surface area contributed by atoms with E-state index in [9.17, 15) is 18.0 Å². The second-order valence-corrected chi connectivity index (χ2v) is 4.22. The summed E-state index contributed by atoms with van der Waals surface area (Å²) >= 11 is 0. The van der Waals surface area contributed by atoms with Gasteiger partial charge in [-0.3, -0.25) is 0 Å². The predicted molar refractivity (Wildman–Crippen MR) is 66.4 cm³/mol. The molecule has 0 saturated heterocycles. The van der Waals surface area contributed by atoms with Gasteiger partial charge in [0.15, 0.2) is 0 Å². The number of benzene rings is 1. The lowest BCUT2D eigenvalue weighted by molar-refractivity contribution is -0.137. The molecule has 3 nitrogen and oxygen atoms in total. The second-order valence-electron chi connectivity index (χ2n) is 4.22. The fourth-order valence-corrected chi connectivity index (χ4v) is 1.74. The lowest BCUT2D eigenvalue weighted by Crippen LogP contribution is -2.19. The number of hydrogen-bond donors (Lipinski definition) is 2. The zero-order valence-electron chi connectivity index (χ0n) is 10.7. The monoisotopic (exact) mass is 275 g/mol. The van der Waals surface area contributed by atoms with E-state index in [2.05, 4.69) is 5.32 Å². The van der Waals surface area contributed by atoms with Crippen LogP contribution in [0.2, 0.25) is 0 Å². The van der Waals surface area contributed by atoms with Gasteiger partial charge in [-0.25, -0.2) is 4.79 Å². The topological polar surface area (TPSA) is 49.3 Å². The maximum Gasteiger partial charge on any atom is 0.416 e. The Hall–Kier alpha value is -1.72. The van der Waals surface area contributed by atoms with Crippen molar-refractivity contribution in [1.82, 2.24) is 0 Å². The first-order valence-electron chi connectivity index (χ1n) is 6.00. The summed E-state index contributed by atoms with van der Waals surface area (Å²) in [5.74, 6) is -1.38. The molecule has 0 saturated carbocycles. The molecule has 0 fully saturated rings. The molecule has 0 aliphatic carbocycles. The van der Waals surface area contributed by atoms with E-state index in [1.54, 1.807) is 0 Å². The van der Waals surface area contributed by atoms with Gasteiger partial charge in [-0.05, 0) is 31.0 Å². The molecule has 106 valence electrons. The Kier molecular flexibility index (Phi) is 4.80. The number of carbonyl (C=O) groups is 1. The van der Waals surface area contributed by atoms with Gasteiger partial charge in [-0.1, -0.05) is 13.8 Å². The maximum absolute atomic E-state index is 12.5. The smallest absolute Gasteiger partial charge is 0.416 e. The van der Waals surface area contributed by atoms with Crippen LogP contribution >= 0.6 is 0 Å². The fraction of sp³-hybridized carbons (Fsp3) is 0.462. The summed E-state index contributed by atoms with van der Waals surface area (Å²) in [6.45, 7) is 3.84. The highest BCUT2D eigenvalue weighted by atomic mass is 19.4. The van der Waals surface area contributed by atoms with E-state index in [1.807, 2.05) is 13.8 Å². The Morgan fingerprint density at radius 1 is 1.32 bits per heavy atom. The van der Waals surface area contributed by atoms with Crippen molar-refractivity contribution in [3.63, 3.8) is 0 Å². The van der Waals surface area contributed by atoms with Gasteiger partial charge in [0.05, 0.1) is 11.1 Å². The van der Waals surface area contributed by atoms with Crippen molar-refractivity contribution >= 4 is 11.7 Å². The van der Waals surface area contributed by atoms with Crippen LogP contribution in [0.1, 0.15) is 42.6 Å². The highest BCUT2D eigenvalue weighted by molar-refractivity contribution is 5.94. The van der Waals surface area contributed by atoms with Crippen LogP contribution in [0.15, 0.2) is 18.2 Å². The molecule has 0 spiro atoms. The third kappa shape index (κ3) is 3.87. The van der Waals surface area contributed by atoms with Crippen molar-refractivity contribution in [2.45, 2.75) is 38.9 Å². The molecule has 19 heavy (non-hydrogen) atoms. The standard InChI is InChI=1S/C13H16F3NO2/c1-3-9(4-2)17-11-6-5-8(13(14,15)16)7-10(11)12(18)19/h5-7,9,17H,3-4H2,1-2H3,(H,18,19). The largest absolute Gasteiger partial charge is 0.478 e. The predicted octanol–water partition coefficient (Wildman–Crippen LogP) is 4.00. The minimum absolute atomic E-state index is 0.0369. The molecule has 2 N–H and O–H groups in total. The van der Waals surface area contributed by atoms with Gasteiger partial charge >= 0.3 is 12.1 Å². The summed E-state index contributed by atoms with van der Waals surface area (Å²) < 4.78 is 37.6. The quantitative estimate of drug-likeness (QED) is 0.853. The molecule has 0 bridgehead atoms. The Morgan fingerprint density at radius 2 is 1.89 bits per heavy atom. The third-order valence-corrected chi connectivity index (χ3v) is 2.92.